The molecule has 1 N–H and O–H groups in total. The van der Waals surface area contributed by atoms with E-state index in [1.165, 1.54) is 12.8 Å². The van der Waals surface area contributed by atoms with E-state index in [0.717, 1.165) is 12.5 Å². The maximum absolute atomic E-state index is 11.2. The molecule has 3 heteroatoms. The quantitative estimate of drug-likeness (QED) is 0.803. The van der Waals surface area contributed by atoms with Gasteiger partial charge in [0.2, 0.25) is 0 Å². The fourth-order valence-corrected chi connectivity index (χ4v) is 2.93. The van der Waals surface area contributed by atoms with Gasteiger partial charge in [0.15, 0.2) is 0 Å². The summed E-state index contributed by atoms with van der Waals surface area (Å²) in [4.78, 5) is 0. The van der Waals surface area contributed by atoms with Crippen LogP contribution in [0.25, 0.3) is 0 Å². The second-order valence-electron chi connectivity index (χ2n) is 5.87. The molecule has 0 bridgehead atoms. The molecule has 4 unspecified atom stereocenters. The van der Waals surface area contributed by atoms with Crippen LogP contribution in [0.5, 0.6) is 0 Å². The van der Waals surface area contributed by atoms with Gasteiger partial charge in [0, 0.05) is 34.9 Å². The lowest BCUT2D eigenvalue weighted by molar-refractivity contribution is 0.362. The number of hydrogen-bond donors (Lipinski definition) is 1. The summed E-state index contributed by atoms with van der Waals surface area (Å²) < 4.78 is 11.2. The molecule has 2 nitrogen and oxygen atoms in total. The summed E-state index contributed by atoms with van der Waals surface area (Å²) >= 11 is 0. The van der Waals surface area contributed by atoms with Gasteiger partial charge in [-0.2, -0.15) is 0 Å². The predicted octanol–water partition coefficient (Wildman–Crippen LogP) is 2.17. The van der Waals surface area contributed by atoms with Crippen molar-refractivity contribution in [3.05, 3.63) is 0 Å². The molecule has 0 radical (unpaired) electrons. The Hall–Kier alpha value is 0.110. The minimum atomic E-state index is -0.703. The lowest BCUT2D eigenvalue weighted by atomic mass is 9.91. The standard InChI is InChI=1S/C12H25NOS/c1-9-6-12(3,4)7-11(9)13-8-10(2)15(5)14/h9-11,13H,6-8H2,1-5H3. The smallest absolute Gasteiger partial charge is 0.0441 e. The fourth-order valence-electron chi connectivity index (χ4n) is 2.60. The van der Waals surface area contributed by atoms with Gasteiger partial charge in [0.1, 0.15) is 0 Å². The molecular formula is C12H25NOS. The summed E-state index contributed by atoms with van der Waals surface area (Å²) in [6.45, 7) is 9.93. The Morgan fingerprint density at radius 1 is 1.47 bits per heavy atom. The molecule has 4 atom stereocenters. The van der Waals surface area contributed by atoms with Crippen molar-refractivity contribution in [1.29, 1.82) is 0 Å². The van der Waals surface area contributed by atoms with Crippen LogP contribution in [0.3, 0.4) is 0 Å². The van der Waals surface area contributed by atoms with Crippen LogP contribution >= 0.6 is 0 Å². The minimum absolute atomic E-state index is 0.265. The van der Waals surface area contributed by atoms with E-state index in [2.05, 4.69) is 26.1 Å². The number of hydrogen-bond acceptors (Lipinski definition) is 2. The van der Waals surface area contributed by atoms with Crippen LogP contribution in [0.4, 0.5) is 0 Å². The first kappa shape index (κ1) is 13.2. The Morgan fingerprint density at radius 3 is 2.47 bits per heavy atom. The molecule has 1 fully saturated rings. The van der Waals surface area contributed by atoms with E-state index >= 15 is 0 Å². The number of nitrogens with one attached hydrogen (secondary N) is 1. The van der Waals surface area contributed by atoms with E-state index in [1.807, 2.05) is 6.92 Å². The predicted molar refractivity (Wildman–Crippen MR) is 67.5 cm³/mol. The Morgan fingerprint density at radius 2 is 2.07 bits per heavy atom. The first-order valence-electron chi connectivity index (χ1n) is 5.87. The summed E-state index contributed by atoms with van der Waals surface area (Å²) in [6.07, 6.45) is 4.33. The highest BCUT2D eigenvalue weighted by Gasteiger charge is 2.36. The topological polar surface area (TPSA) is 29.1 Å². The molecular weight excluding hydrogens is 206 g/mol. The van der Waals surface area contributed by atoms with Crippen LogP contribution in [-0.4, -0.2) is 28.3 Å². The maximum Gasteiger partial charge on any atom is 0.0441 e. The second-order valence-corrected chi connectivity index (χ2v) is 7.68. The van der Waals surface area contributed by atoms with Gasteiger partial charge >= 0.3 is 0 Å². The SMILES string of the molecule is CC1CC(C)(C)CC1NCC(C)S(C)=O. The van der Waals surface area contributed by atoms with Crippen LogP contribution in [0.15, 0.2) is 0 Å². The Labute approximate surface area is 96.7 Å². The van der Waals surface area contributed by atoms with Gasteiger partial charge in [-0.25, -0.2) is 0 Å². The van der Waals surface area contributed by atoms with Crippen molar-refractivity contribution >= 4 is 10.8 Å². The first-order chi connectivity index (χ1) is 6.82. The van der Waals surface area contributed by atoms with Crippen molar-refractivity contribution < 1.29 is 4.21 Å². The average Bonchev–Trinajstić information content (AvgIpc) is 2.35. The van der Waals surface area contributed by atoms with Crippen molar-refractivity contribution in [2.45, 2.75) is 51.8 Å². The molecule has 1 aliphatic rings. The molecule has 0 aromatic heterocycles. The van der Waals surface area contributed by atoms with Crippen molar-refractivity contribution in [2.24, 2.45) is 11.3 Å². The summed E-state index contributed by atoms with van der Waals surface area (Å²) in [7, 11) is -0.703. The summed E-state index contributed by atoms with van der Waals surface area (Å²) in [5.41, 5.74) is 0.478. The van der Waals surface area contributed by atoms with Gasteiger partial charge in [0.05, 0.1) is 0 Å². The zero-order chi connectivity index (χ0) is 11.6. The summed E-state index contributed by atoms with van der Waals surface area (Å²) in [6, 6.07) is 0.617. The Kier molecular flexibility index (Phi) is 4.36. The third-order valence-electron chi connectivity index (χ3n) is 3.57. The number of rotatable bonds is 4. The molecule has 1 rings (SSSR count). The lowest BCUT2D eigenvalue weighted by Crippen LogP contribution is -2.37. The fraction of sp³-hybridized carbons (Fsp3) is 1.00. The minimum Gasteiger partial charge on any atom is -0.313 e. The van der Waals surface area contributed by atoms with E-state index in [-0.39, 0.29) is 5.25 Å². The van der Waals surface area contributed by atoms with Gasteiger partial charge in [-0.1, -0.05) is 20.8 Å². The molecule has 1 aliphatic carbocycles. The van der Waals surface area contributed by atoms with E-state index in [9.17, 15) is 4.21 Å². The normalized spacial score (nSPS) is 33.9. The largest absolute Gasteiger partial charge is 0.313 e. The molecule has 0 amide bonds. The van der Waals surface area contributed by atoms with Gasteiger partial charge < -0.3 is 5.32 Å². The highest BCUT2D eigenvalue weighted by Crippen LogP contribution is 2.40. The lowest BCUT2D eigenvalue weighted by Gasteiger charge is -2.20. The van der Waals surface area contributed by atoms with Crippen molar-refractivity contribution in [1.82, 2.24) is 5.32 Å². The van der Waals surface area contributed by atoms with Crippen molar-refractivity contribution in [3.63, 3.8) is 0 Å². The van der Waals surface area contributed by atoms with E-state index in [1.54, 1.807) is 6.26 Å². The summed E-state index contributed by atoms with van der Waals surface area (Å²) in [5, 5.41) is 3.84. The molecule has 0 aliphatic heterocycles. The van der Waals surface area contributed by atoms with E-state index in [4.69, 9.17) is 0 Å². The third kappa shape index (κ3) is 3.87. The van der Waals surface area contributed by atoms with Gasteiger partial charge in [-0.05, 0) is 31.1 Å². The molecule has 0 heterocycles. The Bertz CT molecular complexity index is 240. The second kappa shape index (κ2) is 4.96. The molecule has 0 aromatic carbocycles. The maximum atomic E-state index is 11.2. The third-order valence-corrected chi connectivity index (χ3v) is 4.87. The van der Waals surface area contributed by atoms with Crippen LogP contribution in [-0.2, 0) is 10.8 Å². The Balaban J connectivity index is 2.37. The van der Waals surface area contributed by atoms with Crippen LogP contribution in [0.1, 0.15) is 40.5 Å². The summed E-state index contributed by atoms with van der Waals surface area (Å²) in [5.74, 6) is 0.748. The van der Waals surface area contributed by atoms with Crippen molar-refractivity contribution in [3.8, 4) is 0 Å². The molecule has 1 saturated carbocycles. The monoisotopic (exact) mass is 231 g/mol. The van der Waals surface area contributed by atoms with Crippen LogP contribution < -0.4 is 5.32 Å². The van der Waals surface area contributed by atoms with E-state index < -0.39 is 10.8 Å². The first-order valence-corrected chi connectivity index (χ1v) is 7.49. The zero-order valence-corrected chi connectivity index (χ0v) is 11.5. The molecule has 15 heavy (non-hydrogen) atoms. The van der Waals surface area contributed by atoms with Crippen LogP contribution in [0, 0.1) is 11.3 Å². The average molecular weight is 231 g/mol. The van der Waals surface area contributed by atoms with Crippen LogP contribution in [0.2, 0.25) is 0 Å². The zero-order valence-electron chi connectivity index (χ0n) is 10.7. The highest BCUT2D eigenvalue weighted by atomic mass is 32.2. The molecule has 0 saturated heterocycles. The van der Waals surface area contributed by atoms with E-state index in [0.29, 0.717) is 11.5 Å². The van der Waals surface area contributed by atoms with Gasteiger partial charge in [0.25, 0.3) is 0 Å². The highest BCUT2D eigenvalue weighted by molar-refractivity contribution is 7.84. The van der Waals surface area contributed by atoms with Gasteiger partial charge in [-0.15, -0.1) is 0 Å². The molecule has 0 spiro atoms. The molecule has 0 aromatic rings. The van der Waals surface area contributed by atoms with Crippen molar-refractivity contribution in [2.75, 3.05) is 12.8 Å². The van der Waals surface area contributed by atoms with Gasteiger partial charge in [-0.3, -0.25) is 4.21 Å². The molecule has 90 valence electrons.